The van der Waals surface area contributed by atoms with Gasteiger partial charge in [0.15, 0.2) is 5.76 Å². The molecule has 6 nitrogen and oxygen atoms in total. The number of hydrogen-bond acceptors (Lipinski definition) is 4. The summed E-state index contributed by atoms with van der Waals surface area (Å²) in [5.41, 5.74) is 2.18. The Morgan fingerprint density at radius 3 is 2.48 bits per heavy atom. The van der Waals surface area contributed by atoms with E-state index in [1.807, 2.05) is 12.1 Å². The average molecular weight is 371 g/mol. The van der Waals surface area contributed by atoms with Gasteiger partial charge in [-0.3, -0.25) is 9.59 Å². The lowest BCUT2D eigenvalue weighted by atomic mass is 9.86. The molecular formula is C21H25NO5. The predicted molar refractivity (Wildman–Crippen MR) is 101 cm³/mol. The van der Waals surface area contributed by atoms with E-state index in [1.165, 1.54) is 10.5 Å². The molecule has 0 aliphatic carbocycles. The summed E-state index contributed by atoms with van der Waals surface area (Å²) < 4.78 is 11.1. The van der Waals surface area contributed by atoms with Crippen molar-refractivity contribution in [1.82, 2.24) is 4.90 Å². The number of furan rings is 1. The van der Waals surface area contributed by atoms with Crippen LogP contribution >= 0.6 is 0 Å². The summed E-state index contributed by atoms with van der Waals surface area (Å²) in [6.07, 6.45) is -0.145. The molecule has 6 heteroatoms. The molecule has 1 unspecified atom stereocenters. The van der Waals surface area contributed by atoms with Gasteiger partial charge in [-0.15, -0.1) is 0 Å². The molecule has 1 aromatic heterocycles. The molecule has 1 saturated heterocycles. The normalized spacial score (nSPS) is 17.7. The SMILES string of the molecule is CC(C)(C)c1ccc(-c2ccc(C(=O)N3CCOCC3CC(=O)O)o2)cc1. The monoisotopic (exact) mass is 371 g/mol. The van der Waals surface area contributed by atoms with Crippen LogP contribution in [-0.2, 0) is 14.9 Å². The second kappa shape index (κ2) is 7.56. The van der Waals surface area contributed by atoms with E-state index in [2.05, 4.69) is 32.9 Å². The number of ether oxygens (including phenoxy) is 1. The number of morpholine rings is 1. The number of carboxylic acid groups (broad SMARTS) is 1. The summed E-state index contributed by atoms with van der Waals surface area (Å²) in [5, 5.41) is 9.05. The predicted octanol–water partition coefficient (Wildman–Crippen LogP) is 3.56. The van der Waals surface area contributed by atoms with Crippen molar-refractivity contribution in [2.45, 2.75) is 38.6 Å². The van der Waals surface area contributed by atoms with Gasteiger partial charge in [0.05, 0.1) is 25.7 Å². The molecule has 2 aromatic rings. The van der Waals surface area contributed by atoms with Crippen molar-refractivity contribution < 1.29 is 23.8 Å². The third kappa shape index (κ3) is 4.39. The molecule has 1 amide bonds. The fraction of sp³-hybridized carbons (Fsp3) is 0.429. The zero-order chi connectivity index (χ0) is 19.6. The van der Waals surface area contributed by atoms with Crippen LogP contribution in [0.1, 0.15) is 43.3 Å². The summed E-state index contributed by atoms with van der Waals surface area (Å²) in [6.45, 7) is 7.43. The van der Waals surface area contributed by atoms with Gasteiger partial charge in [0.25, 0.3) is 5.91 Å². The molecule has 1 N–H and O–H groups in total. The van der Waals surface area contributed by atoms with Crippen molar-refractivity contribution in [2.75, 3.05) is 19.8 Å². The standard InChI is InChI=1S/C21H25NO5/c1-21(2,3)15-6-4-14(5-7-15)17-8-9-18(27-17)20(25)22-10-11-26-13-16(22)12-19(23)24/h4-9,16H,10-13H2,1-3H3,(H,23,24). The third-order valence-electron chi connectivity index (χ3n) is 4.75. The molecule has 1 aliphatic rings. The van der Waals surface area contributed by atoms with E-state index in [-0.39, 0.29) is 30.1 Å². The second-order valence-electron chi connectivity index (χ2n) is 7.82. The van der Waals surface area contributed by atoms with E-state index in [4.69, 9.17) is 14.3 Å². The lowest BCUT2D eigenvalue weighted by Crippen LogP contribution is -2.49. The molecule has 1 aromatic carbocycles. The summed E-state index contributed by atoms with van der Waals surface area (Å²) in [6, 6.07) is 11.0. The fourth-order valence-electron chi connectivity index (χ4n) is 3.18. The minimum Gasteiger partial charge on any atom is -0.481 e. The molecule has 0 radical (unpaired) electrons. The molecule has 0 saturated carbocycles. The number of amides is 1. The minimum absolute atomic E-state index is 0.0678. The number of carbonyl (C=O) groups excluding carboxylic acids is 1. The number of carboxylic acids is 1. The lowest BCUT2D eigenvalue weighted by molar-refractivity contribution is -0.139. The van der Waals surface area contributed by atoms with Crippen LogP contribution in [-0.4, -0.2) is 47.7 Å². The van der Waals surface area contributed by atoms with Crippen LogP contribution in [0.15, 0.2) is 40.8 Å². The molecule has 0 bridgehead atoms. The van der Waals surface area contributed by atoms with E-state index in [0.29, 0.717) is 18.9 Å². The largest absolute Gasteiger partial charge is 0.481 e. The van der Waals surface area contributed by atoms with Crippen LogP contribution in [0.3, 0.4) is 0 Å². The van der Waals surface area contributed by atoms with E-state index in [1.54, 1.807) is 12.1 Å². The highest BCUT2D eigenvalue weighted by molar-refractivity contribution is 5.92. The van der Waals surface area contributed by atoms with Crippen LogP contribution in [0.5, 0.6) is 0 Å². The molecular weight excluding hydrogens is 346 g/mol. The Labute approximate surface area is 158 Å². The van der Waals surface area contributed by atoms with Crippen molar-refractivity contribution >= 4 is 11.9 Å². The van der Waals surface area contributed by atoms with Gasteiger partial charge in [-0.2, -0.15) is 0 Å². The molecule has 1 atom stereocenters. The average Bonchev–Trinajstić information content (AvgIpc) is 3.10. The number of hydrogen-bond donors (Lipinski definition) is 1. The quantitative estimate of drug-likeness (QED) is 0.889. The second-order valence-corrected chi connectivity index (χ2v) is 7.82. The highest BCUT2D eigenvalue weighted by Crippen LogP contribution is 2.28. The highest BCUT2D eigenvalue weighted by atomic mass is 16.5. The Kier molecular flexibility index (Phi) is 5.37. The van der Waals surface area contributed by atoms with Crippen LogP contribution in [0.4, 0.5) is 0 Å². The first-order chi connectivity index (χ1) is 12.8. The molecule has 3 rings (SSSR count). The van der Waals surface area contributed by atoms with Gasteiger partial charge < -0.3 is 19.2 Å². The fourth-order valence-corrected chi connectivity index (χ4v) is 3.18. The topological polar surface area (TPSA) is 80.0 Å². The van der Waals surface area contributed by atoms with E-state index < -0.39 is 12.0 Å². The maximum atomic E-state index is 12.8. The first-order valence-electron chi connectivity index (χ1n) is 9.07. The molecule has 1 fully saturated rings. The first-order valence-corrected chi connectivity index (χ1v) is 9.07. The van der Waals surface area contributed by atoms with Gasteiger partial charge in [0, 0.05) is 12.1 Å². The third-order valence-corrected chi connectivity index (χ3v) is 4.75. The van der Waals surface area contributed by atoms with Crippen LogP contribution in [0.2, 0.25) is 0 Å². The lowest BCUT2D eigenvalue weighted by Gasteiger charge is -2.34. The number of rotatable bonds is 4. The molecule has 27 heavy (non-hydrogen) atoms. The molecule has 144 valence electrons. The first kappa shape index (κ1) is 19.2. The Balaban J connectivity index is 1.78. The van der Waals surface area contributed by atoms with Gasteiger partial charge >= 0.3 is 5.97 Å². The van der Waals surface area contributed by atoms with Crippen molar-refractivity contribution in [1.29, 1.82) is 0 Å². The van der Waals surface area contributed by atoms with E-state index in [0.717, 1.165) is 5.56 Å². The zero-order valence-corrected chi connectivity index (χ0v) is 15.9. The van der Waals surface area contributed by atoms with Crippen LogP contribution in [0.25, 0.3) is 11.3 Å². The Bertz CT molecular complexity index is 816. The Hall–Kier alpha value is -2.60. The Morgan fingerprint density at radius 2 is 1.85 bits per heavy atom. The number of aliphatic carboxylic acids is 1. The molecule has 0 spiro atoms. The number of nitrogens with zero attached hydrogens (tertiary/aromatic N) is 1. The van der Waals surface area contributed by atoms with Gasteiger partial charge in [-0.05, 0) is 23.1 Å². The summed E-state index contributed by atoms with van der Waals surface area (Å²) in [7, 11) is 0. The van der Waals surface area contributed by atoms with Crippen LogP contribution in [0, 0.1) is 0 Å². The molecule has 1 aliphatic heterocycles. The highest BCUT2D eigenvalue weighted by Gasteiger charge is 2.31. The van der Waals surface area contributed by atoms with E-state index >= 15 is 0 Å². The minimum atomic E-state index is -0.956. The maximum Gasteiger partial charge on any atom is 0.305 e. The number of carbonyl (C=O) groups is 2. The van der Waals surface area contributed by atoms with Crippen LogP contribution < -0.4 is 0 Å². The van der Waals surface area contributed by atoms with Crippen molar-refractivity contribution in [2.24, 2.45) is 0 Å². The van der Waals surface area contributed by atoms with Crippen molar-refractivity contribution in [3.8, 4) is 11.3 Å². The van der Waals surface area contributed by atoms with Gasteiger partial charge in [-0.1, -0.05) is 45.0 Å². The van der Waals surface area contributed by atoms with Gasteiger partial charge in [0.1, 0.15) is 5.76 Å². The maximum absolute atomic E-state index is 12.8. The summed E-state index contributed by atoms with van der Waals surface area (Å²) in [5.74, 6) is -0.437. The Morgan fingerprint density at radius 1 is 1.15 bits per heavy atom. The summed E-state index contributed by atoms with van der Waals surface area (Å²) in [4.78, 5) is 25.4. The molecule has 2 heterocycles. The van der Waals surface area contributed by atoms with Crippen molar-refractivity contribution in [3.05, 3.63) is 47.7 Å². The zero-order valence-electron chi connectivity index (χ0n) is 15.9. The smallest absolute Gasteiger partial charge is 0.305 e. The van der Waals surface area contributed by atoms with Gasteiger partial charge in [-0.25, -0.2) is 0 Å². The van der Waals surface area contributed by atoms with Gasteiger partial charge in [0.2, 0.25) is 0 Å². The summed E-state index contributed by atoms with van der Waals surface area (Å²) >= 11 is 0. The van der Waals surface area contributed by atoms with Crippen molar-refractivity contribution in [3.63, 3.8) is 0 Å². The number of benzene rings is 1. The van der Waals surface area contributed by atoms with E-state index in [9.17, 15) is 9.59 Å².